The van der Waals surface area contributed by atoms with Crippen LogP contribution < -0.4 is 5.32 Å². The molecule has 0 aliphatic heterocycles. The number of nitro benzene ring substituents is 1. The van der Waals surface area contributed by atoms with Crippen molar-refractivity contribution in [1.29, 1.82) is 0 Å². The van der Waals surface area contributed by atoms with Gasteiger partial charge in [0.25, 0.3) is 11.6 Å². The summed E-state index contributed by atoms with van der Waals surface area (Å²) in [7, 11) is 0. The van der Waals surface area contributed by atoms with Crippen LogP contribution in [0.2, 0.25) is 0 Å². The summed E-state index contributed by atoms with van der Waals surface area (Å²) >= 11 is 0. The van der Waals surface area contributed by atoms with Crippen molar-refractivity contribution in [2.24, 2.45) is 0 Å². The first kappa shape index (κ1) is 18.5. The number of carbonyl (C=O) groups excluding carboxylic acids is 2. The third kappa shape index (κ3) is 4.17. The first-order valence-electron chi connectivity index (χ1n) is 7.20. The maximum Gasteiger partial charge on any atom is 0.339 e. The zero-order valence-corrected chi connectivity index (χ0v) is 13.4. The number of nitro groups is 1. The smallest absolute Gasteiger partial charge is 0.339 e. The fourth-order valence-electron chi connectivity index (χ4n) is 1.95. The number of nitrogens with one attached hydrogen (secondary N) is 1. The zero-order valence-electron chi connectivity index (χ0n) is 13.4. The zero-order chi connectivity index (χ0) is 19.4. The highest BCUT2D eigenvalue weighted by molar-refractivity contribution is 5.97. The topological polar surface area (TPSA) is 159 Å². The molecule has 0 aromatic heterocycles. The normalized spacial score (nSPS) is 11.4. The molecule has 2 rings (SSSR count). The van der Waals surface area contributed by atoms with Crippen molar-refractivity contribution in [2.45, 2.75) is 13.0 Å². The van der Waals surface area contributed by atoms with Crippen LogP contribution in [0.15, 0.2) is 36.4 Å². The summed E-state index contributed by atoms with van der Waals surface area (Å²) in [4.78, 5) is 34.1. The lowest BCUT2D eigenvalue weighted by Gasteiger charge is -2.14. The van der Waals surface area contributed by atoms with Crippen LogP contribution in [-0.4, -0.2) is 38.2 Å². The number of nitrogens with zero attached hydrogens (tertiary/aromatic N) is 1. The molecule has 2 aromatic carbocycles. The molecule has 1 amide bonds. The van der Waals surface area contributed by atoms with Crippen LogP contribution >= 0.6 is 0 Å². The molecule has 10 nitrogen and oxygen atoms in total. The van der Waals surface area contributed by atoms with E-state index in [1.165, 1.54) is 25.1 Å². The van der Waals surface area contributed by atoms with Gasteiger partial charge < -0.3 is 25.4 Å². The average molecular weight is 362 g/mol. The number of amides is 1. The van der Waals surface area contributed by atoms with E-state index in [9.17, 15) is 35.0 Å². The van der Waals surface area contributed by atoms with E-state index in [1.54, 1.807) is 0 Å². The fourth-order valence-corrected chi connectivity index (χ4v) is 1.95. The Balaban J connectivity index is 2.06. The lowest BCUT2D eigenvalue weighted by molar-refractivity contribution is -0.384. The minimum atomic E-state index is -1.28. The molecule has 0 saturated heterocycles. The molecule has 1 unspecified atom stereocenters. The predicted molar refractivity (Wildman–Crippen MR) is 88.0 cm³/mol. The van der Waals surface area contributed by atoms with Gasteiger partial charge in [-0.2, -0.15) is 0 Å². The molecular formula is C16H14N2O8. The van der Waals surface area contributed by atoms with E-state index in [2.05, 4.69) is 5.32 Å². The Labute approximate surface area is 146 Å². The first-order chi connectivity index (χ1) is 12.2. The van der Waals surface area contributed by atoms with Gasteiger partial charge in [0, 0.05) is 17.8 Å². The fraction of sp³-hybridized carbons (Fsp3) is 0.125. The summed E-state index contributed by atoms with van der Waals surface area (Å²) in [6, 6.07) is 6.93. The molecule has 0 aliphatic carbocycles. The van der Waals surface area contributed by atoms with Gasteiger partial charge in [-0.05, 0) is 25.1 Å². The molecule has 26 heavy (non-hydrogen) atoms. The van der Waals surface area contributed by atoms with Crippen molar-refractivity contribution < 1.29 is 34.6 Å². The van der Waals surface area contributed by atoms with Crippen molar-refractivity contribution in [3.8, 4) is 17.2 Å². The van der Waals surface area contributed by atoms with E-state index >= 15 is 0 Å². The number of esters is 1. The molecule has 0 aliphatic rings. The average Bonchev–Trinajstić information content (AvgIpc) is 2.59. The Morgan fingerprint density at radius 1 is 1.15 bits per heavy atom. The van der Waals surface area contributed by atoms with Gasteiger partial charge in [0.2, 0.25) is 0 Å². The molecule has 0 heterocycles. The lowest BCUT2D eigenvalue weighted by Crippen LogP contribution is -2.30. The number of phenols is 3. The first-order valence-corrected chi connectivity index (χ1v) is 7.20. The summed E-state index contributed by atoms with van der Waals surface area (Å²) in [6.07, 6.45) is -1.28. The Morgan fingerprint density at radius 3 is 2.35 bits per heavy atom. The molecule has 0 saturated carbocycles. The van der Waals surface area contributed by atoms with Crippen LogP contribution in [0, 0.1) is 10.1 Å². The Morgan fingerprint density at radius 2 is 1.77 bits per heavy atom. The van der Waals surface area contributed by atoms with Gasteiger partial charge in [0.05, 0.1) is 10.5 Å². The van der Waals surface area contributed by atoms with Crippen molar-refractivity contribution in [1.82, 2.24) is 0 Å². The van der Waals surface area contributed by atoms with Crippen molar-refractivity contribution in [3.05, 3.63) is 52.1 Å². The van der Waals surface area contributed by atoms with Gasteiger partial charge in [-0.15, -0.1) is 0 Å². The third-order valence-corrected chi connectivity index (χ3v) is 3.28. The second-order valence-corrected chi connectivity index (χ2v) is 5.21. The van der Waals surface area contributed by atoms with Gasteiger partial charge in [-0.1, -0.05) is 6.07 Å². The highest BCUT2D eigenvalue weighted by Gasteiger charge is 2.21. The quantitative estimate of drug-likeness (QED) is 0.271. The summed E-state index contributed by atoms with van der Waals surface area (Å²) < 4.78 is 4.91. The summed E-state index contributed by atoms with van der Waals surface area (Å²) in [6.45, 7) is 1.27. The summed E-state index contributed by atoms with van der Waals surface area (Å²) in [5, 5.41) is 41.1. The Kier molecular flexibility index (Phi) is 5.26. The van der Waals surface area contributed by atoms with E-state index in [0.717, 1.165) is 18.2 Å². The number of benzene rings is 2. The second kappa shape index (κ2) is 7.38. The van der Waals surface area contributed by atoms with Crippen molar-refractivity contribution in [3.63, 3.8) is 0 Å². The van der Waals surface area contributed by atoms with Crippen molar-refractivity contribution >= 4 is 23.3 Å². The van der Waals surface area contributed by atoms with E-state index in [4.69, 9.17) is 4.74 Å². The molecule has 10 heteroatoms. The maximum atomic E-state index is 12.1. The Hall–Kier alpha value is -3.82. The largest absolute Gasteiger partial charge is 0.504 e. The number of rotatable bonds is 5. The van der Waals surface area contributed by atoms with Crippen LogP contribution in [0.3, 0.4) is 0 Å². The predicted octanol–water partition coefficient (Wildman–Crippen LogP) is 1.90. The van der Waals surface area contributed by atoms with Crippen LogP contribution in [0.1, 0.15) is 17.3 Å². The molecular weight excluding hydrogens is 348 g/mol. The molecule has 4 N–H and O–H groups in total. The molecule has 1 atom stereocenters. The van der Waals surface area contributed by atoms with E-state index in [1.807, 2.05) is 0 Å². The molecule has 0 spiro atoms. The molecule has 136 valence electrons. The number of non-ortho nitro benzene ring substituents is 1. The molecule has 0 radical (unpaired) electrons. The van der Waals surface area contributed by atoms with Crippen LogP contribution in [0.4, 0.5) is 11.4 Å². The SMILES string of the molecule is CC(OC(=O)c1cc(O)c(O)c(O)c1)C(=O)Nc1cccc([N+](=O)[O-])c1. The van der Waals surface area contributed by atoms with Gasteiger partial charge in [0.15, 0.2) is 23.4 Å². The number of hydrogen-bond donors (Lipinski definition) is 4. The van der Waals surface area contributed by atoms with Gasteiger partial charge in [-0.25, -0.2) is 4.79 Å². The minimum Gasteiger partial charge on any atom is -0.504 e. The highest BCUT2D eigenvalue weighted by Crippen LogP contribution is 2.35. The van der Waals surface area contributed by atoms with E-state index in [0.29, 0.717) is 0 Å². The Bertz CT molecular complexity index is 857. The molecule has 0 fully saturated rings. The number of phenolic OH excluding ortho intramolecular Hbond substituents is 3. The monoisotopic (exact) mass is 362 g/mol. The van der Waals surface area contributed by atoms with Gasteiger partial charge in [0.1, 0.15) is 0 Å². The van der Waals surface area contributed by atoms with Gasteiger partial charge in [-0.3, -0.25) is 14.9 Å². The van der Waals surface area contributed by atoms with Gasteiger partial charge >= 0.3 is 5.97 Å². The number of aromatic hydroxyl groups is 3. The third-order valence-electron chi connectivity index (χ3n) is 3.28. The second-order valence-electron chi connectivity index (χ2n) is 5.21. The molecule has 2 aromatic rings. The van der Waals surface area contributed by atoms with E-state index < -0.39 is 40.2 Å². The van der Waals surface area contributed by atoms with Crippen LogP contribution in [0.25, 0.3) is 0 Å². The standard InChI is InChI=1S/C16H14N2O8/c1-8(15(22)17-10-3-2-4-11(7-10)18(24)25)26-16(23)9-5-12(19)14(21)13(20)6-9/h2-8,19-21H,1H3,(H,17,22). The van der Waals surface area contributed by atoms with Crippen LogP contribution in [0.5, 0.6) is 17.2 Å². The maximum absolute atomic E-state index is 12.1. The van der Waals surface area contributed by atoms with Crippen LogP contribution in [-0.2, 0) is 9.53 Å². The number of carbonyl (C=O) groups is 2. The minimum absolute atomic E-state index is 0.145. The number of hydrogen-bond acceptors (Lipinski definition) is 8. The lowest BCUT2D eigenvalue weighted by atomic mass is 10.2. The number of ether oxygens (including phenoxy) is 1. The summed E-state index contributed by atoms with van der Waals surface area (Å²) in [5.41, 5.74) is -0.359. The molecule has 0 bridgehead atoms. The highest BCUT2D eigenvalue weighted by atomic mass is 16.6. The number of anilines is 1. The van der Waals surface area contributed by atoms with Crippen molar-refractivity contribution in [2.75, 3.05) is 5.32 Å². The van der Waals surface area contributed by atoms with E-state index in [-0.39, 0.29) is 16.9 Å². The summed E-state index contributed by atoms with van der Waals surface area (Å²) in [5.74, 6) is -4.03.